The molecule has 8 heteroatoms. The van der Waals surface area contributed by atoms with Gasteiger partial charge in [0.05, 0.1) is 6.61 Å². The first kappa shape index (κ1) is 23.4. The zero-order valence-electron chi connectivity index (χ0n) is 16.6. The summed E-state index contributed by atoms with van der Waals surface area (Å²) >= 11 is 3.54. The number of ether oxygens (including phenoxy) is 1. The molecule has 0 aromatic heterocycles. The molecule has 1 aromatic rings. The molecule has 0 saturated carbocycles. The van der Waals surface area contributed by atoms with Crippen LogP contribution in [0.5, 0.6) is 0 Å². The average molecular weight is 565 g/mol. The van der Waals surface area contributed by atoms with Gasteiger partial charge in [-0.05, 0) is 24.5 Å². The van der Waals surface area contributed by atoms with E-state index in [1.165, 1.54) is 0 Å². The van der Waals surface area contributed by atoms with Crippen molar-refractivity contribution in [1.29, 1.82) is 0 Å². The number of carbonyl (C=O) groups excluding carboxylic acids is 1. The molecule has 6 nitrogen and oxygen atoms in total. The van der Waals surface area contributed by atoms with Crippen LogP contribution in [0.4, 0.5) is 0 Å². The van der Waals surface area contributed by atoms with Crippen molar-refractivity contribution in [2.45, 2.75) is 25.8 Å². The number of benzene rings is 1. The summed E-state index contributed by atoms with van der Waals surface area (Å²) in [6, 6.07) is 7.99. The van der Waals surface area contributed by atoms with Gasteiger partial charge in [-0.1, -0.05) is 34.1 Å². The summed E-state index contributed by atoms with van der Waals surface area (Å²) in [5, 5.41) is 3.36. The molecule has 1 aromatic carbocycles. The van der Waals surface area contributed by atoms with Crippen LogP contribution in [0.2, 0.25) is 0 Å². The van der Waals surface area contributed by atoms with Gasteiger partial charge in [0.25, 0.3) is 0 Å². The fourth-order valence-corrected chi connectivity index (χ4v) is 4.27. The van der Waals surface area contributed by atoms with Gasteiger partial charge < -0.3 is 19.9 Å². The SMILES string of the molecule is CN=C(NCCC(=O)N(C)Cc1ccccc1Br)N1CCC2(CCOC2)C1.I. The number of hydrogen-bond donors (Lipinski definition) is 1. The standard InChI is InChI=1S/C20H29BrN4O2.HI/c1-22-19(25-11-8-20(14-25)9-12-27-15-20)23-10-7-18(26)24(2)13-16-5-3-4-6-17(16)21;/h3-6H,7-15H2,1-2H3,(H,22,23);1H. The van der Waals surface area contributed by atoms with Crippen LogP contribution in [-0.4, -0.2) is 68.6 Å². The molecule has 2 heterocycles. The summed E-state index contributed by atoms with van der Waals surface area (Å²) in [5.74, 6) is 1.01. The molecule has 2 aliphatic rings. The van der Waals surface area contributed by atoms with E-state index in [4.69, 9.17) is 4.74 Å². The number of guanidine groups is 1. The van der Waals surface area contributed by atoms with Gasteiger partial charge in [-0.3, -0.25) is 9.79 Å². The molecule has 2 aliphatic heterocycles. The lowest BCUT2D eigenvalue weighted by atomic mass is 9.87. The lowest BCUT2D eigenvalue weighted by Crippen LogP contribution is -2.42. The normalized spacial score (nSPS) is 21.7. The molecule has 1 atom stereocenters. The molecular formula is C20H30BrIN4O2. The molecule has 1 spiro atoms. The first-order chi connectivity index (χ1) is 13.0. The highest BCUT2D eigenvalue weighted by atomic mass is 127. The number of carbonyl (C=O) groups is 1. The molecule has 1 N–H and O–H groups in total. The predicted molar refractivity (Wildman–Crippen MR) is 126 cm³/mol. The quantitative estimate of drug-likeness (QED) is 0.339. The Hall–Kier alpha value is -0.870. The first-order valence-electron chi connectivity index (χ1n) is 9.54. The van der Waals surface area contributed by atoms with Crippen LogP contribution in [0.25, 0.3) is 0 Å². The van der Waals surface area contributed by atoms with Gasteiger partial charge in [0.1, 0.15) is 0 Å². The van der Waals surface area contributed by atoms with Crippen molar-refractivity contribution in [2.75, 3.05) is 46.9 Å². The molecular weight excluding hydrogens is 535 g/mol. The van der Waals surface area contributed by atoms with Gasteiger partial charge in [-0.25, -0.2) is 0 Å². The number of nitrogens with one attached hydrogen (secondary N) is 1. The topological polar surface area (TPSA) is 57.2 Å². The fraction of sp³-hybridized carbons (Fsp3) is 0.600. The molecule has 0 bridgehead atoms. The lowest BCUT2D eigenvalue weighted by Gasteiger charge is -2.25. The monoisotopic (exact) mass is 564 g/mol. The number of hydrogen-bond acceptors (Lipinski definition) is 3. The van der Waals surface area contributed by atoms with E-state index in [0.717, 1.165) is 55.1 Å². The largest absolute Gasteiger partial charge is 0.381 e. The predicted octanol–water partition coefficient (Wildman–Crippen LogP) is 3.10. The maximum atomic E-state index is 12.5. The summed E-state index contributed by atoms with van der Waals surface area (Å²) in [7, 11) is 3.65. The van der Waals surface area contributed by atoms with Gasteiger partial charge in [-0.15, -0.1) is 24.0 Å². The molecule has 0 aliphatic carbocycles. The maximum Gasteiger partial charge on any atom is 0.224 e. The Morgan fingerprint density at radius 2 is 2.18 bits per heavy atom. The highest BCUT2D eigenvalue weighted by Crippen LogP contribution is 2.38. The van der Waals surface area contributed by atoms with E-state index in [2.05, 4.69) is 31.1 Å². The molecule has 3 rings (SSSR count). The number of aliphatic imine (C=N–C) groups is 1. The summed E-state index contributed by atoms with van der Waals surface area (Å²) in [5.41, 5.74) is 1.41. The van der Waals surface area contributed by atoms with E-state index in [9.17, 15) is 4.79 Å². The number of rotatable bonds is 5. The highest BCUT2D eigenvalue weighted by molar-refractivity contribution is 14.0. The number of amides is 1. The van der Waals surface area contributed by atoms with Gasteiger partial charge >= 0.3 is 0 Å². The Kier molecular flexibility index (Phi) is 9.01. The zero-order valence-corrected chi connectivity index (χ0v) is 20.5. The Balaban J connectivity index is 0.00000280. The second-order valence-corrected chi connectivity index (χ2v) is 8.39. The Labute approximate surface area is 193 Å². The van der Waals surface area contributed by atoms with Crippen LogP contribution in [0, 0.1) is 5.41 Å². The third kappa shape index (κ3) is 5.82. The third-order valence-electron chi connectivity index (χ3n) is 5.55. The van der Waals surface area contributed by atoms with Crippen molar-refractivity contribution in [3.05, 3.63) is 34.3 Å². The molecule has 2 fully saturated rings. The minimum absolute atomic E-state index is 0. The van der Waals surface area contributed by atoms with Crippen LogP contribution in [0.3, 0.4) is 0 Å². The molecule has 2 saturated heterocycles. The van der Waals surface area contributed by atoms with E-state index in [1.807, 2.05) is 31.3 Å². The molecule has 1 amide bonds. The van der Waals surface area contributed by atoms with Crippen LogP contribution >= 0.6 is 39.9 Å². The van der Waals surface area contributed by atoms with Crippen LogP contribution in [0.15, 0.2) is 33.7 Å². The number of nitrogens with zero attached hydrogens (tertiary/aromatic N) is 3. The fourth-order valence-electron chi connectivity index (χ4n) is 3.86. The van der Waals surface area contributed by atoms with E-state index in [0.29, 0.717) is 24.9 Å². The van der Waals surface area contributed by atoms with Crippen LogP contribution < -0.4 is 5.32 Å². The Bertz CT molecular complexity index is 695. The van der Waals surface area contributed by atoms with Gasteiger partial charge in [-0.2, -0.15) is 0 Å². The average Bonchev–Trinajstić information content (AvgIpc) is 3.30. The minimum Gasteiger partial charge on any atom is -0.381 e. The zero-order chi connectivity index (χ0) is 19.3. The maximum absolute atomic E-state index is 12.5. The van der Waals surface area contributed by atoms with E-state index in [1.54, 1.807) is 11.9 Å². The van der Waals surface area contributed by atoms with Crippen molar-refractivity contribution in [3.63, 3.8) is 0 Å². The Morgan fingerprint density at radius 3 is 2.86 bits per heavy atom. The first-order valence-corrected chi connectivity index (χ1v) is 10.3. The summed E-state index contributed by atoms with van der Waals surface area (Å²) in [6.45, 7) is 4.91. The second-order valence-electron chi connectivity index (χ2n) is 7.54. The molecule has 1 unspecified atom stereocenters. The molecule has 156 valence electrons. The minimum atomic E-state index is 0. The van der Waals surface area contributed by atoms with Crippen molar-refractivity contribution in [3.8, 4) is 0 Å². The highest BCUT2D eigenvalue weighted by Gasteiger charge is 2.42. The smallest absolute Gasteiger partial charge is 0.224 e. The second kappa shape index (κ2) is 10.8. The molecule has 0 radical (unpaired) electrons. The van der Waals surface area contributed by atoms with Crippen molar-refractivity contribution in [2.24, 2.45) is 10.4 Å². The summed E-state index contributed by atoms with van der Waals surface area (Å²) in [4.78, 5) is 20.9. The molecule has 28 heavy (non-hydrogen) atoms. The van der Waals surface area contributed by atoms with Crippen LogP contribution in [0.1, 0.15) is 24.8 Å². The van der Waals surface area contributed by atoms with Crippen LogP contribution in [-0.2, 0) is 16.1 Å². The lowest BCUT2D eigenvalue weighted by molar-refractivity contribution is -0.130. The van der Waals surface area contributed by atoms with E-state index in [-0.39, 0.29) is 29.9 Å². The van der Waals surface area contributed by atoms with Gasteiger partial charge in [0.15, 0.2) is 5.96 Å². The number of halogens is 2. The van der Waals surface area contributed by atoms with Gasteiger partial charge in [0, 0.05) is 63.2 Å². The van der Waals surface area contributed by atoms with Crippen molar-refractivity contribution in [1.82, 2.24) is 15.1 Å². The van der Waals surface area contributed by atoms with E-state index >= 15 is 0 Å². The Morgan fingerprint density at radius 1 is 1.39 bits per heavy atom. The summed E-state index contributed by atoms with van der Waals surface area (Å²) in [6.07, 6.45) is 2.74. The van der Waals surface area contributed by atoms with Gasteiger partial charge in [0.2, 0.25) is 5.91 Å². The van der Waals surface area contributed by atoms with Crippen molar-refractivity contribution < 1.29 is 9.53 Å². The number of likely N-dealkylation sites (tertiary alicyclic amines) is 1. The third-order valence-corrected chi connectivity index (χ3v) is 6.32. The van der Waals surface area contributed by atoms with E-state index < -0.39 is 0 Å². The summed E-state index contributed by atoms with van der Waals surface area (Å²) < 4.78 is 6.63. The van der Waals surface area contributed by atoms with Crippen molar-refractivity contribution >= 4 is 51.8 Å².